The highest BCUT2D eigenvalue weighted by molar-refractivity contribution is 5.85. The van der Waals surface area contributed by atoms with Gasteiger partial charge in [-0.2, -0.15) is 0 Å². The second kappa shape index (κ2) is 8.88. The second-order valence-corrected chi connectivity index (χ2v) is 6.45. The highest BCUT2D eigenvalue weighted by Crippen LogP contribution is 2.26. The van der Waals surface area contributed by atoms with Gasteiger partial charge in [0.05, 0.1) is 0 Å². The summed E-state index contributed by atoms with van der Waals surface area (Å²) >= 11 is 0. The molecule has 1 unspecified atom stereocenters. The fraction of sp³-hybridized carbons (Fsp3) is 0.350. The fourth-order valence-electron chi connectivity index (χ4n) is 2.78. The summed E-state index contributed by atoms with van der Waals surface area (Å²) in [6.07, 6.45) is 0. The molecule has 0 saturated carbocycles. The molecule has 2 aromatic rings. The van der Waals surface area contributed by atoms with Crippen LogP contribution in [0.4, 0.5) is 0 Å². The van der Waals surface area contributed by atoms with Gasteiger partial charge in [-0.1, -0.05) is 37.3 Å². The first-order valence-corrected chi connectivity index (χ1v) is 8.44. The molecule has 0 radical (unpaired) electrons. The van der Waals surface area contributed by atoms with Gasteiger partial charge in [0.2, 0.25) is 5.91 Å². The first-order chi connectivity index (χ1) is 11.6. The van der Waals surface area contributed by atoms with Crippen molar-refractivity contribution in [1.82, 2.24) is 10.6 Å². The van der Waals surface area contributed by atoms with Crippen LogP contribution in [0.5, 0.6) is 11.5 Å². The highest BCUT2D eigenvalue weighted by Gasteiger charge is 2.28. The molecule has 134 valence electrons. The largest absolute Gasteiger partial charge is 0.457 e. The Morgan fingerprint density at radius 2 is 2.00 bits per heavy atom. The van der Waals surface area contributed by atoms with Crippen molar-refractivity contribution in [2.24, 2.45) is 11.8 Å². The monoisotopic (exact) mass is 360 g/mol. The van der Waals surface area contributed by atoms with Crippen molar-refractivity contribution in [2.75, 3.05) is 13.1 Å². The molecule has 1 heterocycles. The number of ether oxygens (including phenoxy) is 1. The van der Waals surface area contributed by atoms with E-state index in [1.54, 1.807) is 0 Å². The highest BCUT2D eigenvalue weighted by atomic mass is 35.5. The molecule has 2 aromatic carbocycles. The van der Waals surface area contributed by atoms with Gasteiger partial charge in [-0.3, -0.25) is 4.79 Å². The molecule has 0 bridgehead atoms. The zero-order valence-corrected chi connectivity index (χ0v) is 15.4. The van der Waals surface area contributed by atoms with E-state index >= 15 is 0 Å². The predicted octanol–water partition coefficient (Wildman–Crippen LogP) is 3.68. The van der Waals surface area contributed by atoms with Crippen LogP contribution in [0.1, 0.15) is 18.1 Å². The summed E-state index contributed by atoms with van der Waals surface area (Å²) < 4.78 is 6.00. The van der Waals surface area contributed by atoms with E-state index in [1.807, 2.05) is 62.4 Å². The first kappa shape index (κ1) is 19.3. The quantitative estimate of drug-likeness (QED) is 0.826. The molecule has 0 aliphatic carbocycles. The number of hydrogen-bond donors (Lipinski definition) is 2. The van der Waals surface area contributed by atoms with Crippen LogP contribution >= 0.6 is 12.4 Å². The molecule has 1 aliphatic heterocycles. The van der Waals surface area contributed by atoms with E-state index < -0.39 is 0 Å². The van der Waals surface area contributed by atoms with Gasteiger partial charge in [-0.15, -0.1) is 12.4 Å². The zero-order valence-electron chi connectivity index (χ0n) is 14.6. The molecule has 2 N–H and O–H groups in total. The number of halogens is 1. The Hall–Kier alpha value is -2.04. The van der Waals surface area contributed by atoms with Crippen LogP contribution in [0, 0.1) is 18.8 Å². The molecule has 25 heavy (non-hydrogen) atoms. The van der Waals surface area contributed by atoms with Gasteiger partial charge in [0.1, 0.15) is 11.5 Å². The summed E-state index contributed by atoms with van der Waals surface area (Å²) in [6, 6.07) is 15.8. The zero-order chi connectivity index (χ0) is 16.9. The molecule has 4 nitrogen and oxygen atoms in total. The molecule has 1 aliphatic rings. The van der Waals surface area contributed by atoms with E-state index in [1.165, 1.54) is 0 Å². The summed E-state index contributed by atoms with van der Waals surface area (Å²) in [5, 5.41) is 6.25. The Morgan fingerprint density at radius 1 is 1.24 bits per heavy atom. The van der Waals surface area contributed by atoms with Crippen LogP contribution < -0.4 is 15.4 Å². The Bertz CT molecular complexity index is 716. The van der Waals surface area contributed by atoms with Gasteiger partial charge in [0.15, 0.2) is 0 Å². The molecule has 1 amide bonds. The van der Waals surface area contributed by atoms with E-state index in [9.17, 15) is 4.79 Å². The number of benzene rings is 2. The summed E-state index contributed by atoms with van der Waals surface area (Å²) in [5.41, 5.74) is 2.13. The van der Waals surface area contributed by atoms with Gasteiger partial charge in [-0.25, -0.2) is 0 Å². The molecule has 1 atom stereocenters. The van der Waals surface area contributed by atoms with Crippen molar-refractivity contribution in [2.45, 2.75) is 20.4 Å². The third-order valence-corrected chi connectivity index (χ3v) is 4.58. The molecule has 3 rings (SSSR count). The van der Waals surface area contributed by atoms with Crippen molar-refractivity contribution < 1.29 is 9.53 Å². The van der Waals surface area contributed by atoms with Crippen LogP contribution in [-0.2, 0) is 11.3 Å². The van der Waals surface area contributed by atoms with Gasteiger partial charge in [-0.05, 0) is 49.7 Å². The lowest BCUT2D eigenvalue weighted by atomic mass is 9.88. The van der Waals surface area contributed by atoms with Gasteiger partial charge in [0.25, 0.3) is 0 Å². The van der Waals surface area contributed by atoms with E-state index in [0.717, 1.165) is 35.7 Å². The molecular weight excluding hydrogens is 336 g/mol. The summed E-state index contributed by atoms with van der Waals surface area (Å²) in [6.45, 7) is 6.38. The van der Waals surface area contributed by atoms with Crippen molar-refractivity contribution in [3.05, 3.63) is 59.7 Å². The van der Waals surface area contributed by atoms with Crippen molar-refractivity contribution in [3.63, 3.8) is 0 Å². The Labute approximate surface area is 155 Å². The van der Waals surface area contributed by atoms with Crippen LogP contribution in [0.3, 0.4) is 0 Å². The van der Waals surface area contributed by atoms with E-state index in [0.29, 0.717) is 12.5 Å². The van der Waals surface area contributed by atoms with Crippen LogP contribution in [0.15, 0.2) is 48.5 Å². The predicted molar refractivity (Wildman–Crippen MR) is 102 cm³/mol. The fourth-order valence-corrected chi connectivity index (χ4v) is 2.78. The topological polar surface area (TPSA) is 50.4 Å². The number of hydrogen-bond acceptors (Lipinski definition) is 3. The van der Waals surface area contributed by atoms with Crippen LogP contribution in [0.2, 0.25) is 0 Å². The molecule has 1 fully saturated rings. The lowest BCUT2D eigenvalue weighted by molar-refractivity contribution is -0.126. The number of para-hydroxylation sites is 1. The standard InChI is InChI=1S/C20H24N2O2.ClH/c1-14-6-5-8-18(10-14)24-19-9-4-3-7-16(19)13-22-20(23)15(2)17-11-21-12-17;/h3-10,15,17,21H,11-13H2,1-2H3,(H,22,23);1H. The smallest absolute Gasteiger partial charge is 0.223 e. The minimum atomic E-state index is 0. The van der Waals surface area contributed by atoms with Crippen LogP contribution in [0.25, 0.3) is 0 Å². The first-order valence-electron chi connectivity index (χ1n) is 8.44. The Kier molecular flexibility index (Phi) is 6.85. The third-order valence-electron chi connectivity index (χ3n) is 4.58. The maximum atomic E-state index is 12.3. The van der Waals surface area contributed by atoms with Crippen LogP contribution in [-0.4, -0.2) is 19.0 Å². The number of nitrogens with one attached hydrogen (secondary N) is 2. The molecule has 1 saturated heterocycles. The second-order valence-electron chi connectivity index (χ2n) is 6.45. The molecule has 0 spiro atoms. The summed E-state index contributed by atoms with van der Waals surface area (Å²) in [5.74, 6) is 2.18. The average molecular weight is 361 g/mol. The van der Waals surface area contributed by atoms with Crippen molar-refractivity contribution in [3.8, 4) is 11.5 Å². The van der Waals surface area contributed by atoms with E-state index in [-0.39, 0.29) is 24.2 Å². The summed E-state index contributed by atoms with van der Waals surface area (Å²) in [7, 11) is 0. The number of rotatable bonds is 6. The molecular formula is C20H25ClN2O2. The number of carbonyl (C=O) groups excluding carboxylic acids is 1. The van der Waals surface area contributed by atoms with Gasteiger partial charge in [0, 0.05) is 18.0 Å². The minimum absolute atomic E-state index is 0. The molecule has 0 aromatic heterocycles. The van der Waals surface area contributed by atoms with Gasteiger partial charge < -0.3 is 15.4 Å². The van der Waals surface area contributed by atoms with E-state index in [2.05, 4.69) is 10.6 Å². The normalized spacial score (nSPS) is 14.8. The molecule has 5 heteroatoms. The Morgan fingerprint density at radius 3 is 2.68 bits per heavy atom. The number of aryl methyl sites for hydroxylation is 1. The minimum Gasteiger partial charge on any atom is -0.457 e. The average Bonchev–Trinajstić information content (AvgIpc) is 2.52. The maximum Gasteiger partial charge on any atom is 0.223 e. The van der Waals surface area contributed by atoms with Gasteiger partial charge >= 0.3 is 0 Å². The summed E-state index contributed by atoms with van der Waals surface area (Å²) in [4.78, 5) is 12.3. The lowest BCUT2D eigenvalue weighted by Gasteiger charge is -2.31. The van der Waals surface area contributed by atoms with E-state index in [4.69, 9.17) is 4.74 Å². The number of amides is 1. The van der Waals surface area contributed by atoms with Crippen molar-refractivity contribution >= 4 is 18.3 Å². The Balaban J connectivity index is 0.00000225. The lowest BCUT2D eigenvalue weighted by Crippen LogP contribution is -2.49. The SMILES string of the molecule is Cc1cccc(Oc2ccccc2CNC(=O)C(C)C2CNC2)c1.Cl. The number of carbonyl (C=O) groups is 1. The van der Waals surface area contributed by atoms with Crippen molar-refractivity contribution in [1.29, 1.82) is 0 Å². The maximum absolute atomic E-state index is 12.3. The third kappa shape index (κ3) is 4.97.